The fraction of sp³-hybridized carbons (Fsp3) is 0.667. The molecule has 2 rings (SSSR count). The molecule has 1 saturated carbocycles. The molecule has 2 atom stereocenters. The van der Waals surface area contributed by atoms with Crippen LogP contribution in [-0.2, 0) is 0 Å². The molecule has 1 aromatic rings. The maximum atomic E-state index is 3.62. The van der Waals surface area contributed by atoms with E-state index in [0.717, 1.165) is 18.4 Å². The van der Waals surface area contributed by atoms with Crippen molar-refractivity contribution >= 4 is 0 Å². The number of benzene rings is 1. The van der Waals surface area contributed by atoms with E-state index in [4.69, 9.17) is 0 Å². The van der Waals surface area contributed by atoms with Crippen LogP contribution in [0.3, 0.4) is 0 Å². The van der Waals surface area contributed by atoms with Crippen LogP contribution in [0.25, 0.3) is 0 Å². The minimum atomic E-state index is 0.781. The lowest BCUT2D eigenvalue weighted by molar-refractivity contribution is 0.443. The van der Waals surface area contributed by atoms with Gasteiger partial charge in [-0.2, -0.15) is 0 Å². The minimum absolute atomic E-state index is 0.781. The Balaban J connectivity index is 2.13. The van der Waals surface area contributed by atoms with Crippen molar-refractivity contribution in [1.29, 1.82) is 0 Å². The Labute approximate surface area is 118 Å². The van der Waals surface area contributed by atoms with Crippen molar-refractivity contribution < 1.29 is 0 Å². The first kappa shape index (κ1) is 14.6. The van der Waals surface area contributed by atoms with Gasteiger partial charge in [0.25, 0.3) is 0 Å². The van der Waals surface area contributed by atoms with Gasteiger partial charge in [-0.3, -0.25) is 0 Å². The molecule has 2 unspecified atom stereocenters. The third kappa shape index (κ3) is 3.39. The second-order valence-electron chi connectivity index (χ2n) is 6.29. The van der Waals surface area contributed by atoms with E-state index >= 15 is 0 Å². The molecule has 1 aromatic carbocycles. The van der Waals surface area contributed by atoms with Gasteiger partial charge in [-0.1, -0.05) is 25.5 Å². The smallest absolute Gasteiger partial charge is 0.00147 e. The summed E-state index contributed by atoms with van der Waals surface area (Å²) in [5.41, 5.74) is 5.99. The van der Waals surface area contributed by atoms with Crippen LogP contribution >= 0.6 is 0 Å². The predicted molar refractivity (Wildman–Crippen MR) is 83.9 cm³/mol. The Morgan fingerprint density at radius 1 is 1.05 bits per heavy atom. The molecule has 0 amide bonds. The third-order valence-electron chi connectivity index (χ3n) is 4.77. The topological polar surface area (TPSA) is 12.0 Å². The van der Waals surface area contributed by atoms with E-state index in [1.54, 1.807) is 5.56 Å². The van der Waals surface area contributed by atoms with E-state index in [1.165, 1.54) is 48.9 Å². The lowest BCUT2D eigenvalue weighted by Crippen LogP contribution is -2.25. The normalized spacial score (nSPS) is 22.9. The van der Waals surface area contributed by atoms with Crippen LogP contribution in [0.2, 0.25) is 0 Å². The highest BCUT2D eigenvalue weighted by molar-refractivity contribution is 5.39. The maximum Gasteiger partial charge on any atom is -0.00147 e. The predicted octanol–water partition coefficient (Wildman–Crippen LogP) is 4.50. The molecule has 0 aliphatic heterocycles. The second-order valence-corrected chi connectivity index (χ2v) is 6.29. The molecular formula is C18H29N. The molecule has 0 radical (unpaired) electrons. The summed E-state index contributed by atoms with van der Waals surface area (Å²) in [7, 11) is 0. The molecule has 19 heavy (non-hydrogen) atoms. The highest BCUT2D eigenvalue weighted by Gasteiger charge is 2.29. The lowest BCUT2D eigenvalue weighted by Gasteiger charge is -2.23. The van der Waals surface area contributed by atoms with E-state index in [1.807, 2.05) is 0 Å². The molecule has 106 valence electrons. The van der Waals surface area contributed by atoms with Crippen molar-refractivity contribution in [2.45, 2.75) is 59.3 Å². The van der Waals surface area contributed by atoms with Crippen LogP contribution in [0.4, 0.5) is 0 Å². The summed E-state index contributed by atoms with van der Waals surface area (Å²) in [6.45, 7) is 11.4. The monoisotopic (exact) mass is 259 g/mol. The van der Waals surface area contributed by atoms with Crippen molar-refractivity contribution in [3.05, 3.63) is 34.4 Å². The zero-order valence-corrected chi connectivity index (χ0v) is 13.1. The molecule has 1 aliphatic rings. The molecule has 0 heterocycles. The highest BCUT2D eigenvalue weighted by atomic mass is 14.9. The first-order valence-electron chi connectivity index (χ1n) is 7.92. The largest absolute Gasteiger partial charge is 0.316 e. The third-order valence-corrected chi connectivity index (χ3v) is 4.77. The zero-order chi connectivity index (χ0) is 13.8. The van der Waals surface area contributed by atoms with Crippen molar-refractivity contribution in [2.24, 2.45) is 5.92 Å². The van der Waals surface area contributed by atoms with Crippen LogP contribution < -0.4 is 5.32 Å². The van der Waals surface area contributed by atoms with Crippen LogP contribution in [0, 0.1) is 26.7 Å². The Hall–Kier alpha value is -0.820. The van der Waals surface area contributed by atoms with E-state index in [0.29, 0.717) is 0 Å². The summed E-state index contributed by atoms with van der Waals surface area (Å²) in [4.78, 5) is 0. The number of rotatable bonds is 5. The van der Waals surface area contributed by atoms with Crippen molar-refractivity contribution in [2.75, 3.05) is 13.1 Å². The minimum Gasteiger partial charge on any atom is -0.316 e. The van der Waals surface area contributed by atoms with E-state index in [-0.39, 0.29) is 0 Å². The van der Waals surface area contributed by atoms with E-state index in [9.17, 15) is 0 Å². The number of nitrogens with one attached hydrogen (secondary N) is 1. The zero-order valence-electron chi connectivity index (χ0n) is 13.1. The molecule has 0 saturated heterocycles. The van der Waals surface area contributed by atoms with Crippen LogP contribution in [0.1, 0.15) is 60.8 Å². The molecule has 1 N–H and O–H groups in total. The summed E-state index contributed by atoms with van der Waals surface area (Å²) < 4.78 is 0. The summed E-state index contributed by atoms with van der Waals surface area (Å²) in [5, 5.41) is 3.62. The summed E-state index contributed by atoms with van der Waals surface area (Å²) in [6, 6.07) is 4.83. The Kier molecular flexibility index (Phi) is 5.04. The highest BCUT2D eigenvalue weighted by Crippen LogP contribution is 2.41. The molecule has 1 aliphatic carbocycles. The van der Waals surface area contributed by atoms with Gasteiger partial charge >= 0.3 is 0 Å². The maximum absolute atomic E-state index is 3.62. The van der Waals surface area contributed by atoms with Crippen LogP contribution in [0.15, 0.2) is 12.1 Å². The SMILES string of the molecule is CCCNCC1CCCC1c1cc(C)c(C)cc1C. The lowest BCUT2D eigenvalue weighted by atomic mass is 9.84. The Morgan fingerprint density at radius 2 is 1.79 bits per heavy atom. The van der Waals surface area contributed by atoms with Crippen molar-refractivity contribution in [3.63, 3.8) is 0 Å². The van der Waals surface area contributed by atoms with Gasteiger partial charge in [0.1, 0.15) is 0 Å². The van der Waals surface area contributed by atoms with Crippen molar-refractivity contribution in [1.82, 2.24) is 5.32 Å². The molecular weight excluding hydrogens is 230 g/mol. The molecule has 1 nitrogen and oxygen atoms in total. The quantitative estimate of drug-likeness (QED) is 0.768. The number of hydrogen-bond donors (Lipinski definition) is 1. The summed E-state index contributed by atoms with van der Waals surface area (Å²) in [5.74, 6) is 1.62. The van der Waals surface area contributed by atoms with Gasteiger partial charge in [0.15, 0.2) is 0 Å². The fourth-order valence-corrected chi connectivity index (χ4v) is 3.54. The van der Waals surface area contributed by atoms with E-state index < -0.39 is 0 Å². The van der Waals surface area contributed by atoms with Gasteiger partial charge in [0.2, 0.25) is 0 Å². The average molecular weight is 259 g/mol. The molecule has 0 bridgehead atoms. The van der Waals surface area contributed by atoms with Crippen molar-refractivity contribution in [3.8, 4) is 0 Å². The van der Waals surface area contributed by atoms with E-state index in [2.05, 4.69) is 45.1 Å². The van der Waals surface area contributed by atoms with Crippen LogP contribution in [-0.4, -0.2) is 13.1 Å². The Bertz CT molecular complexity index is 422. The van der Waals surface area contributed by atoms with Gasteiger partial charge < -0.3 is 5.32 Å². The van der Waals surface area contributed by atoms with Gasteiger partial charge in [-0.05, 0) is 87.2 Å². The molecule has 1 heteroatoms. The first-order chi connectivity index (χ1) is 9.13. The molecule has 0 aromatic heterocycles. The van der Waals surface area contributed by atoms with Gasteiger partial charge in [-0.15, -0.1) is 0 Å². The van der Waals surface area contributed by atoms with Gasteiger partial charge in [0.05, 0.1) is 0 Å². The second kappa shape index (κ2) is 6.56. The molecule has 0 spiro atoms. The first-order valence-corrected chi connectivity index (χ1v) is 7.92. The summed E-state index contributed by atoms with van der Waals surface area (Å²) >= 11 is 0. The molecule has 1 fully saturated rings. The number of aryl methyl sites for hydroxylation is 3. The Morgan fingerprint density at radius 3 is 2.53 bits per heavy atom. The van der Waals surface area contributed by atoms with Crippen LogP contribution in [0.5, 0.6) is 0 Å². The number of hydrogen-bond acceptors (Lipinski definition) is 1. The fourth-order valence-electron chi connectivity index (χ4n) is 3.54. The average Bonchev–Trinajstić information content (AvgIpc) is 2.82. The van der Waals surface area contributed by atoms with Gasteiger partial charge in [0, 0.05) is 0 Å². The summed E-state index contributed by atoms with van der Waals surface area (Å²) in [6.07, 6.45) is 5.41. The van der Waals surface area contributed by atoms with Gasteiger partial charge in [-0.25, -0.2) is 0 Å². The standard InChI is InChI=1S/C18H29N/c1-5-9-19-12-16-7-6-8-17(16)18-11-14(3)13(2)10-15(18)4/h10-11,16-17,19H,5-9,12H2,1-4H3.